The number of morpholine rings is 1. The van der Waals surface area contributed by atoms with Crippen molar-refractivity contribution in [2.75, 3.05) is 19.7 Å². The number of halogens is 4. The van der Waals surface area contributed by atoms with Crippen molar-refractivity contribution in [3.63, 3.8) is 0 Å². The van der Waals surface area contributed by atoms with Gasteiger partial charge in [-0.2, -0.15) is 18.2 Å². The minimum atomic E-state index is -4.58. The number of alkyl halides is 3. The molecule has 2 aromatic rings. The summed E-state index contributed by atoms with van der Waals surface area (Å²) in [5.74, 6) is 1.21. The Balaban J connectivity index is 1.16. The van der Waals surface area contributed by atoms with Crippen LogP contribution in [0.5, 0.6) is 11.5 Å². The largest absolute Gasteiger partial charge is 0.476 e. The van der Waals surface area contributed by atoms with E-state index >= 15 is 0 Å². The summed E-state index contributed by atoms with van der Waals surface area (Å²) in [6.45, 7) is 7.63. The Labute approximate surface area is 210 Å². The summed E-state index contributed by atoms with van der Waals surface area (Å²) < 4.78 is 56.0. The number of hydrogen-bond donors (Lipinski definition) is 0. The number of amides is 2. The van der Waals surface area contributed by atoms with Crippen LogP contribution in [0.15, 0.2) is 59.9 Å². The summed E-state index contributed by atoms with van der Waals surface area (Å²) in [5.41, 5.74) is -0.392. The summed E-state index contributed by atoms with van der Waals surface area (Å²) >= 11 is 5.64. The van der Waals surface area contributed by atoms with Gasteiger partial charge in [0.1, 0.15) is 23.9 Å². The molecule has 2 aromatic carbocycles. The number of benzene rings is 2. The Morgan fingerprint density at radius 1 is 1.25 bits per heavy atom. The predicted molar refractivity (Wildman–Crippen MR) is 126 cm³/mol. The third kappa shape index (κ3) is 4.62. The zero-order valence-electron chi connectivity index (χ0n) is 19.3. The predicted octanol–water partition coefficient (Wildman–Crippen LogP) is 5.84. The van der Waals surface area contributed by atoms with Crippen molar-refractivity contribution in [1.29, 1.82) is 0 Å². The molecule has 0 unspecified atom stereocenters. The van der Waals surface area contributed by atoms with E-state index in [1.54, 1.807) is 36.1 Å². The highest BCUT2D eigenvalue weighted by Gasteiger charge is 2.58. The summed E-state index contributed by atoms with van der Waals surface area (Å²) in [5, 5.41) is -0.395. The first-order chi connectivity index (χ1) is 17.0. The van der Waals surface area contributed by atoms with E-state index in [4.69, 9.17) is 25.8 Å². The fraction of sp³-hybridized carbons (Fsp3) is 0.360. The van der Waals surface area contributed by atoms with Gasteiger partial charge in [-0.25, -0.2) is 4.79 Å². The molecule has 3 heterocycles. The Morgan fingerprint density at radius 3 is 2.64 bits per heavy atom. The lowest BCUT2D eigenvalue weighted by atomic mass is 10.0. The number of carbonyl (C=O) groups is 1. The maximum atomic E-state index is 13.0. The van der Waals surface area contributed by atoms with Crippen LogP contribution in [-0.4, -0.2) is 53.1 Å². The highest BCUT2D eigenvalue weighted by Crippen LogP contribution is 2.46. The fourth-order valence-electron chi connectivity index (χ4n) is 4.79. The van der Waals surface area contributed by atoms with Gasteiger partial charge in [0, 0.05) is 19.9 Å². The first kappa shape index (κ1) is 24.5. The van der Waals surface area contributed by atoms with Gasteiger partial charge in [0.05, 0.1) is 35.4 Å². The maximum Gasteiger partial charge on any atom is 0.417 e. The summed E-state index contributed by atoms with van der Waals surface area (Å²) in [7, 11) is 0. The second kappa shape index (κ2) is 9.01. The molecular weight excluding hydrogens is 499 g/mol. The molecule has 3 aliphatic heterocycles. The number of carbonyl (C=O) groups excluding carboxylic acids is 1. The lowest BCUT2D eigenvalue weighted by molar-refractivity contribution is -0.137. The molecule has 3 saturated heterocycles. The summed E-state index contributed by atoms with van der Waals surface area (Å²) in [6, 6.07) is 9.55. The molecule has 11 heteroatoms. The molecule has 2 amide bonds. The van der Waals surface area contributed by atoms with Crippen molar-refractivity contribution < 1.29 is 32.2 Å². The second-order valence-corrected chi connectivity index (χ2v) is 9.47. The Hall–Kier alpha value is -3.24. The Kier molecular flexibility index (Phi) is 6.12. The van der Waals surface area contributed by atoms with Crippen LogP contribution in [0.4, 0.5) is 18.0 Å². The minimum Gasteiger partial charge on any atom is -0.476 e. The van der Waals surface area contributed by atoms with Crippen molar-refractivity contribution in [2.45, 2.75) is 37.8 Å². The van der Waals surface area contributed by atoms with Crippen molar-refractivity contribution >= 4 is 23.5 Å². The minimum absolute atomic E-state index is 0.0143. The van der Waals surface area contributed by atoms with Crippen LogP contribution in [0.3, 0.4) is 0 Å². The van der Waals surface area contributed by atoms with Gasteiger partial charge < -0.3 is 19.1 Å². The Bertz CT molecular complexity index is 1230. The molecule has 190 valence electrons. The monoisotopic (exact) mass is 521 g/mol. The number of ether oxygens (including phenoxy) is 3. The number of hydrogen-bond acceptors (Lipinski definition) is 5. The van der Waals surface area contributed by atoms with Gasteiger partial charge >= 0.3 is 12.2 Å². The van der Waals surface area contributed by atoms with Crippen LogP contribution in [0.1, 0.15) is 24.5 Å². The average molecular weight is 522 g/mol. The Morgan fingerprint density at radius 2 is 1.97 bits per heavy atom. The van der Waals surface area contributed by atoms with E-state index in [9.17, 15) is 18.0 Å². The first-order valence-corrected chi connectivity index (χ1v) is 11.6. The molecule has 0 radical (unpaired) electrons. The molecule has 2 bridgehead atoms. The molecule has 36 heavy (non-hydrogen) atoms. The lowest BCUT2D eigenvalue weighted by Gasteiger charge is -2.31. The van der Waals surface area contributed by atoms with E-state index in [0.717, 1.165) is 30.7 Å². The molecule has 5 rings (SSSR count). The van der Waals surface area contributed by atoms with E-state index in [2.05, 4.69) is 16.5 Å². The van der Waals surface area contributed by atoms with E-state index in [1.807, 2.05) is 0 Å². The molecule has 3 fully saturated rings. The van der Waals surface area contributed by atoms with Crippen LogP contribution >= 0.6 is 11.6 Å². The molecule has 0 saturated carbocycles. The smallest absolute Gasteiger partial charge is 0.417 e. The van der Waals surface area contributed by atoms with Gasteiger partial charge in [-0.3, -0.25) is 4.90 Å². The molecule has 3 aliphatic rings. The van der Waals surface area contributed by atoms with Crippen LogP contribution < -0.4 is 4.74 Å². The third-order valence-corrected chi connectivity index (χ3v) is 6.89. The van der Waals surface area contributed by atoms with Crippen molar-refractivity contribution in [1.82, 2.24) is 9.80 Å². The summed E-state index contributed by atoms with van der Waals surface area (Å²) in [4.78, 5) is 20.5. The molecule has 7 nitrogen and oxygen atoms in total. The van der Waals surface area contributed by atoms with Crippen LogP contribution in [0.2, 0.25) is 5.02 Å². The SMILES string of the molecule is C=C1N(C(=O)N=C(C)OCc2ccc(Oc3ccc(Cl)c(C(F)(F)F)c3)cc2)C[C@]23CO[C@H](CN12)C3. The number of aliphatic imine (C=N–C) groups is 1. The molecule has 0 aromatic heterocycles. The molecule has 1 spiro atoms. The molecule has 0 aliphatic carbocycles. The maximum absolute atomic E-state index is 13.0. The normalized spacial score (nSPS) is 23.3. The average Bonchev–Trinajstić information content (AvgIpc) is 3.48. The number of urea groups is 1. The van der Waals surface area contributed by atoms with E-state index in [1.165, 1.54) is 6.07 Å². The zero-order chi connectivity index (χ0) is 25.7. The van der Waals surface area contributed by atoms with Crippen LogP contribution in [0, 0.1) is 0 Å². The standard InChI is InChI=1S/C25H23ClF3N3O4/c1-15(30-23(33)31-13-24-10-20(35-14-24)11-32(24)16(31)2)34-12-17-3-5-18(6-4-17)36-19-7-8-22(26)21(9-19)25(27,28)29/h3-9,20H,2,10-14H2,1H3/t20-,24+/m0/s1. The van der Waals surface area contributed by atoms with Crippen LogP contribution in [0.25, 0.3) is 0 Å². The molecular formula is C25H23ClF3N3O4. The number of rotatable bonds is 4. The van der Waals surface area contributed by atoms with Gasteiger partial charge in [0.25, 0.3) is 0 Å². The number of fused-ring (bicyclic) bond motifs is 1. The summed E-state index contributed by atoms with van der Waals surface area (Å²) in [6.07, 6.45) is -3.49. The van der Waals surface area contributed by atoms with Crippen LogP contribution in [-0.2, 0) is 22.3 Å². The van der Waals surface area contributed by atoms with Crippen molar-refractivity contribution in [3.8, 4) is 11.5 Å². The van der Waals surface area contributed by atoms with Gasteiger partial charge in [-0.15, -0.1) is 0 Å². The number of nitrogens with zero attached hydrogens (tertiary/aromatic N) is 3. The molecule has 2 atom stereocenters. The zero-order valence-corrected chi connectivity index (χ0v) is 20.1. The lowest BCUT2D eigenvalue weighted by Crippen LogP contribution is -2.44. The highest BCUT2D eigenvalue weighted by molar-refractivity contribution is 6.31. The fourth-order valence-corrected chi connectivity index (χ4v) is 5.02. The van der Waals surface area contributed by atoms with E-state index in [-0.39, 0.29) is 29.9 Å². The van der Waals surface area contributed by atoms with Gasteiger partial charge in [0.15, 0.2) is 5.90 Å². The van der Waals surface area contributed by atoms with Gasteiger partial charge in [-0.05, 0) is 35.9 Å². The van der Waals surface area contributed by atoms with Gasteiger partial charge in [0.2, 0.25) is 0 Å². The van der Waals surface area contributed by atoms with E-state index in [0.29, 0.717) is 24.7 Å². The quantitative estimate of drug-likeness (QED) is 0.374. The first-order valence-electron chi connectivity index (χ1n) is 11.3. The third-order valence-electron chi connectivity index (χ3n) is 6.56. The highest BCUT2D eigenvalue weighted by atomic mass is 35.5. The van der Waals surface area contributed by atoms with Gasteiger partial charge in [-0.1, -0.05) is 30.3 Å². The van der Waals surface area contributed by atoms with E-state index < -0.39 is 22.8 Å². The molecule has 0 N–H and O–H groups in total. The topological polar surface area (TPSA) is 63.6 Å². The van der Waals surface area contributed by atoms with Crippen molar-refractivity contribution in [2.24, 2.45) is 4.99 Å². The second-order valence-electron chi connectivity index (χ2n) is 9.06. The van der Waals surface area contributed by atoms with Crippen molar-refractivity contribution in [3.05, 3.63) is 71.0 Å².